The van der Waals surface area contributed by atoms with Gasteiger partial charge in [0, 0.05) is 0 Å². The molecule has 0 aromatic heterocycles. The molecule has 0 heterocycles. The van der Waals surface area contributed by atoms with Crippen LogP contribution >= 0.6 is 0 Å². The van der Waals surface area contributed by atoms with Gasteiger partial charge in [-0.3, -0.25) is 0 Å². The minimum absolute atomic E-state index is 0.421. The van der Waals surface area contributed by atoms with Crippen molar-refractivity contribution in [2.24, 2.45) is 0 Å². The van der Waals surface area contributed by atoms with E-state index in [1.54, 1.807) is 6.08 Å². The molecule has 100 valence electrons. The van der Waals surface area contributed by atoms with Crippen molar-refractivity contribution in [3.8, 4) is 0 Å². The normalized spacial score (nSPS) is 12.1. The summed E-state index contributed by atoms with van der Waals surface area (Å²) in [6.07, 6.45) is 2.19. The highest BCUT2D eigenvalue weighted by Gasteiger charge is 2.24. The molecule has 0 aliphatic rings. The van der Waals surface area contributed by atoms with Gasteiger partial charge in [0.05, 0.1) is 18.8 Å². The lowest BCUT2D eigenvalue weighted by atomic mass is 10.1. The summed E-state index contributed by atoms with van der Waals surface area (Å²) in [5.74, 6) is 0. The SMILES string of the molecule is C=CCCOCC(C)(C)NC(=O)OC(C)(C)C. The van der Waals surface area contributed by atoms with Gasteiger partial charge < -0.3 is 14.8 Å². The average molecular weight is 243 g/mol. The van der Waals surface area contributed by atoms with Gasteiger partial charge >= 0.3 is 6.09 Å². The smallest absolute Gasteiger partial charge is 0.408 e. The van der Waals surface area contributed by atoms with E-state index in [-0.39, 0.29) is 0 Å². The second kappa shape index (κ2) is 6.64. The molecule has 0 aromatic rings. The van der Waals surface area contributed by atoms with Crippen LogP contribution in [0.15, 0.2) is 12.7 Å². The molecule has 0 aliphatic heterocycles. The van der Waals surface area contributed by atoms with Crippen molar-refractivity contribution in [1.82, 2.24) is 5.32 Å². The number of carbonyl (C=O) groups is 1. The Hall–Kier alpha value is -1.03. The van der Waals surface area contributed by atoms with Crippen LogP contribution in [0.25, 0.3) is 0 Å². The summed E-state index contributed by atoms with van der Waals surface area (Å²) in [6.45, 7) is 14.0. The van der Waals surface area contributed by atoms with E-state index in [4.69, 9.17) is 9.47 Å². The van der Waals surface area contributed by atoms with Gasteiger partial charge in [0.1, 0.15) is 5.60 Å². The van der Waals surface area contributed by atoms with Gasteiger partial charge in [-0.25, -0.2) is 4.79 Å². The van der Waals surface area contributed by atoms with E-state index in [1.807, 2.05) is 34.6 Å². The van der Waals surface area contributed by atoms with E-state index in [0.29, 0.717) is 13.2 Å². The van der Waals surface area contributed by atoms with Gasteiger partial charge in [-0.05, 0) is 41.0 Å². The minimum Gasteiger partial charge on any atom is -0.444 e. The van der Waals surface area contributed by atoms with Gasteiger partial charge in [0.15, 0.2) is 0 Å². The van der Waals surface area contributed by atoms with Crippen LogP contribution in [0.3, 0.4) is 0 Å². The highest BCUT2D eigenvalue weighted by molar-refractivity contribution is 5.68. The largest absolute Gasteiger partial charge is 0.444 e. The van der Waals surface area contributed by atoms with Gasteiger partial charge in [0.25, 0.3) is 0 Å². The molecule has 1 N–H and O–H groups in total. The van der Waals surface area contributed by atoms with E-state index >= 15 is 0 Å². The lowest BCUT2D eigenvalue weighted by Crippen LogP contribution is -2.48. The Morgan fingerprint density at radius 3 is 2.35 bits per heavy atom. The van der Waals surface area contributed by atoms with Crippen molar-refractivity contribution in [1.29, 1.82) is 0 Å². The first kappa shape index (κ1) is 16.0. The van der Waals surface area contributed by atoms with Gasteiger partial charge in [-0.15, -0.1) is 6.58 Å². The minimum atomic E-state index is -0.482. The zero-order valence-corrected chi connectivity index (χ0v) is 11.6. The molecule has 1 amide bonds. The van der Waals surface area contributed by atoms with Crippen molar-refractivity contribution in [3.05, 3.63) is 12.7 Å². The summed E-state index contributed by atoms with van der Waals surface area (Å²) in [7, 11) is 0. The Morgan fingerprint density at radius 2 is 1.88 bits per heavy atom. The summed E-state index contributed by atoms with van der Waals surface area (Å²) < 4.78 is 10.6. The lowest BCUT2D eigenvalue weighted by Gasteiger charge is -2.28. The molecule has 0 unspecified atom stereocenters. The Bertz CT molecular complexity index is 254. The summed E-state index contributed by atoms with van der Waals surface area (Å²) >= 11 is 0. The number of carbonyl (C=O) groups excluding carboxylic acids is 1. The third-order valence-corrected chi connectivity index (χ3v) is 1.77. The van der Waals surface area contributed by atoms with E-state index in [1.165, 1.54) is 0 Å². The Labute approximate surface area is 104 Å². The number of rotatable bonds is 6. The van der Waals surface area contributed by atoms with Crippen molar-refractivity contribution in [2.45, 2.75) is 52.2 Å². The van der Waals surface area contributed by atoms with Crippen molar-refractivity contribution >= 4 is 6.09 Å². The topological polar surface area (TPSA) is 47.6 Å². The van der Waals surface area contributed by atoms with Gasteiger partial charge in [0.2, 0.25) is 0 Å². The van der Waals surface area contributed by atoms with E-state index < -0.39 is 17.2 Å². The Morgan fingerprint density at radius 1 is 1.29 bits per heavy atom. The number of hydrogen-bond acceptors (Lipinski definition) is 3. The highest BCUT2D eigenvalue weighted by Crippen LogP contribution is 2.09. The predicted molar refractivity (Wildman–Crippen MR) is 69.1 cm³/mol. The summed E-state index contributed by atoms with van der Waals surface area (Å²) in [6, 6.07) is 0. The number of hydrogen-bond donors (Lipinski definition) is 1. The van der Waals surface area contributed by atoms with Crippen LogP contribution in [0.2, 0.25) is 0 Å². The second-order valence-electron chi connectivity index (χ2n) is 5.64. The van der Waals surface area contributed by atoms with Crippen molar-refractivity contribution < 1.29 is 14.3 Å². The van der Waals surface area contributed by atoms with Crippen LogP contribution in [0.4, 0.5) is 4.79 Å². The summed E-state index contributed by atoms with van der Waals surface area (Å²) in [5.41, 5.74) is -0.923. The first-order chi connectivity index (χ1) is 7.66. The third kappa shape index (κ3) is 9.87. The first-order valence-electron chi connectivity index (χ1n) is 5.86. The Balaban J connectivity index is 3.98. The van der Waals surface area contributed by atoms with Gasteiger partial charge in [-0.1, -0.05) is 6.08 Å². The van der Waals surface area contributed by atoms with E-state index in [2.05, 4.69) is 11.9 Å². The quantitative estimate of drug-likeness (QED) is 0.576. The van der Waals surface area contributed by atoms with Gasteiger partial charge in [-0.2, -0.15) is 0 Å². The molecule has 4 heteroatoms. The van der Waals surface area contributed by atoms with E-state index in [9.17, 15) is 4.79 Å². The zero-order valence-electron chi connectivity index (χ0n) is 11.6. The number of alkyl carbamates (subject to hydrolysis) is 1. The fourth-order valence-corrected chi connectivity index (χ4v) is 1.11. The standard InChI is InChI=1S/C13H25NO3/c1-7-8-9-16-10-13(5,6)14-11(15)17-12(2,3)4/h7H,1,8-10H2,2-6H3,(H,14,15). The number of amides is 1. The van der Waals surface area contributed by atoms with Crippen molar-refractivity contribution in [3.63, 3.8) is 0 Å². The maximum atomic E-state index is 11.6. The molecular weight excluding hydrogens is 218 g/mol. The van der Waals surface area contributed by atoms with Crippen LogP contribution in [0, 0.1) is 0 Å². The monoisotopic (exact) mass is 243 g/mol. The van der Waals surface area contributed by atoms with Crippen LogP contribution in [-0.2, 0) is 9.47 Å². The highest BCUT2D eigenvalue weighted by atomic mass is 16.6. The maximum Gasteiger partial charge on any atom is 0.408 e. The molecule has 0 rings (SSSR count). The number of ether oxygens (including phenoxy) is 2. The summed E-state index contributed by atoms with van der Waals surface area (Å²) in [5, 5.41) is 2.78. The van der Waals surface area contributed by atoms with Crippen molar-refractivity contribution in [2.75, 3.05) is 13.2 Å². The molecule has 0 saturated heterocycles. The fourth-order valence-electron chi connectivity index (χ4n) is 1.11. The molecule has 0 bridgehead atoms. The average Bonchev–Trinajstić information content (AvgIpc) is 2.08. The number of nitrogens with one attached hydrogen (secondary N) is 1. The van der Waals surface area contributed by atoms with Crippen LogP contribution in [-0.4, -0.2) is 30.4 Å². The first-order valence-corrected chi connectivity index (χ1v) is 5.86. The lowest BCUT2D eigenvalue weighted by molar-refractivity contribution is 0.0353. The molecule has 0 fully saturated rings. The molecule has 0 spiro atoms. The zero-order chi connectivity index (χ0) is 13.5. The van der Waals surface area contributed by atoms with Crippen LogP contribution in [0.1, 0.15) is 41.0 Å². The predicted octanol–water partition coefficient (Wildman–Crippen LogP) is 2.88. The molecule has 0 saturated carbocycles. The molecule has 17 heavy (non-hydrogen) atoms. The molecule has 0 aliphatic carbocycles. The Kier molecular flexibility index (Phi) is 6.24. The van der Waals surface area contributed by atoms with Crippen LogP contribution in [0.5, 0.6) is 0 Å². The maximum absolute atomic E-state index is 11.6. The molecule has 4 nitrogen and oxygen atoms in total. The van der Waals surface area contributed by atoms with Crippen LogP contribution < -0.4 is 5.32 Å². The fraction of sp³-hybridized carbons (Fsp3) is 0.769. The van der Waals surface area contributed by atoms with E-state index in [0.717, 1.165) is 6.42 Å². The molecule has 0 atom stereocenters. The third-order valence-electron chi connectivity index (χ3n) is 1.77. The molecular formula is C13H25NO3. The summed E-state index contributed by atoms with van der Waals surface area (Å²) in [4.78, 5) is 11.6. The molecule has 0 aromatic carbocycles. The molecule has 0 radical (unpaired) electrons. The second-order valence-corrected chi connectivity index (χ2v) is 5.64.